The van der Waals surface area contributed by atoms with E-state index in [9.17, 15) is 4.79 Å². The van der Waals surface area contributed by atoms with E-state index in [1.165, 1.54) is 5.56 Å². The van der Waals surface area contributed by atoms with E-state index in [0.717, 1.165) is 30.8 Å². The summed E-state index contributed by atoms with van der Waals surface area (Å²) in [4.78, 5) is 11.8. The highest BCUT2D eigenvalue weighted by molar-refractivity contribution is 7.80. The number of carbonyl (C=O) groups excluding carboxylic acids is 1. The number of hydrogen-bond acceptors (Lipinski definition) is 4. The van der Waals surface area contributed by atoms with Gasteiger partial charge >= 0.3 is 5.97 Å². The van der Waals surface area contributed by atoms with Gasteiger partial charge in [-0.3, -0.25) is 0 Å². The Bertz CT molecular complexity index is 776. The van der Waals surface area contributed by atoms with Crippen LogP contribution in [-0.4, -0.2) is 30.3 Å². The highest BCUT2D eigenvalue weighted by atomic mass is 32.1. The predicted molar refractivity (Wildman–Crippen MR) is 117 cm³/mol. The van der Waals surface area contributed by atoms with Gasteiger partial charge in [0.25, 0.3) is 0 Å². The van der Waals surface area contributed by atoms with E-state index in [1.54, 1.807) is 25.1 Å². The summed E-state index contributed by atoms with van der Waals surface area (Å²) in [5, 5.41) is 6.82. The van der Waals surface area contributed by atoms with Gasteiger partial charge in [0, 0.05) is 12.2 Å². The second-order valence-corrected chi connectivity index (χ2v) is 7.00. The number of nitrogens with one attached hydrogen (secondary N) is 2. The first-order valence-electron chi connectivity index (χ1n) is 9.55. The number of esters is 1. The monoisotopic (exact) mass is 400 g/mol. The molecule has 0 saturated heterocycles. The molecule has 6 heteroatoms. The predicted octanol–water partition coefficient (Wildman–Crippen LogP) is 4.57. The van der Waals surface area contributed by atoms with Crippen LogP contribution >= 0.6 is 12.2 Å². The van der Waals surface area contributed by atoms with Crippen molar-refractivity contribution < 1.29 is 14.3 Å². The second-order valence-electron chi connectivity index (χ2n) is 6.60. The molecule has 28 heavy (non-hydrogen) atoms. The number of carbonyl (C=O) groups is 1. The van der Waals surface area contributed by atoms with E-state index >= 15 is 0 Å². The Hall–Kier alpha value is -2.60. The van der Waals surface area contributed by atoms with Crippen LogP contribution in [0.15, 0.2) is 48.5 Å². The van der Waals surface area contributed by atoms with Gasteiger partial charge in [-0.25, -0.2) is 4.79 Å². The summed E-state index contributed by atoms with van der Waals surface area (Å²) < 4.78 is 10.7. The third-order valence-corrected chi connectivity index (χ3v) is 4.10. The molecule has 0 aliphatic carbocycles. The number of aryl methyl sites for hydroxylation is 1. The van der Waals surface area contributed by atoms with Crippen LogP contribution in [0.1, 0.15) is 43.1 Å². The van der Waals surface area contributed by atoms with Crippen molar-refractivity contribution in [3.05, 3.63) is 59.7 Å². The van der Waals surface area contributed by atoms with Gasteiger partial charge in [-0.1, -0.05) is 18.2 Å². The minimum atomic E-state index is -0.338. The Morgan fingerprint density at radius 3 is 2.57 bits per heavy atom. The molecule has 2 aromatic rings. The molecule has 0 spiro atoms. The van der Waals surface area contributed by atoms with Crippen LogP contribution in [0, 0.1) is 0 Å². The average molecular weight is 401 g/mol. The van der Waals surface area contributed by atoms with Crippen LogP contribution < -0.4 is 15.4 Å². The van der Waals surface area contributed by atoms with Crippen molar-refractivity contribution in [3.8, 4) is 5.75 Å². The Morgan fingerprint density at radius 1 is 1.14 bits per heavy atom. The van der Waals surface area contributed by atoms with Crippen LogP contribution in [0.25, 0.3) is 0 Å². The quantitative estimate of drug-likeness (QED) is 0.365. The van der Waals surface area contributed by atoms with E-state index in [1.807, 2.05) is 32.0 Å². The summed E-state index contributed by atoms with van der Waals surface area (Å²) >= 11 is 5.33. The highest BCUT2D eigenvalue weighted by Gasteiger charge is 2.07. The maximum Gasteiger partial charge on any atom is 0.338 e. The number of rotatable bonds is 9. The third kappa shape index (κ3) is 7.56. The molecule has 0 aromatic heterocycles. The minimum absolute atomic E-state index is 0.182. The summed E-state index contributed by atoms with van der Waals surface area (Å²) in [7, 11) is 0. The number of ether oxygens (including phenoxy) is 2. The van der Waals surface area contributed by atoms with Crippen molar-refractivity contribution in [1.29, 1.82) is 0 Å². The van der Waals surface area contributed by atoms with Crippen molar-refractivity contribution in [2.45, 2.75) is 39.7 Å². The zero-order valence-corrected chi connectivity index (χ0v) is 17.5. The smallest absolute Gasteiger partial charge is 0.338 e. The molecule has 2 aromatic carbocycles. The lowest BCUT2D eigenvalue weighted by Crippen LogP contribution is -2.29. The fraction of sp³-hybridized carbons (Fsp3) is 0.364. The van der Waals surface area contributed by atoms with Crippen LogP contribution in [-0.2, 0) is 11.2 Å². The molecule has 5 nitrogen and oxygen atoms in total. The lowest BCUT2D eigenvalue weighted by atomic mass is 10.1. The van der Waals surface area contributed by atoms with Gasteiger partial charge in [-0.05, 0) is 81.7 Å². The van der Waals surface area contributed by atoms with E-state index in [0.29, 0.717) is 17.3 Å². The van der Waals surface area contributed by atoms with Crippen LogP contribution in [0.4, 0.5) is 5.69 Å². The van der Waals surface area contributed by atoms with Gasteiger partial charge < -0.3 is 20.1 Å². The van der Waals surface area contributed by atoms with Crippen LogP contribution in [0.3, 0.4) is 0 Å². The average Bonchev–Trinajstić information content (AvgIpc) is 2.66. The number of benzene rings is 2. The van der Waals surface area contributed by atoms with Gasteiger partial charge in [0.2, 0.25) is 0 Å². The number of anilines is 1. The molecule has 0 heterocycles. The second kappa shape index (κ2) is 11.3. The van der Waals surface area contributed by atoms with Gasteiger partial charge in [0.1, 0.15) is 5.75 Å². The Balaban J connectivity index is 1.73. The third-order valence-electron chi connectivity index (χ3n) is 3.85. The summed E-state index contributed by atoms with van der Waals surface area (Å²) in [6.45, 7) is 6.93. The minimum Gasteiger partial charge on any atom is -0.491 e. The molecule has 0 unspecified atom stereocenters. The molecule has 0 fully saturated rings. The van der Waals surface area contributed by atoms with Gasteiger partial charge in [-0.15, -0.1) is 0 Å². The Kier molecular flexibility index (Phi) is 8.75. The largest absolute Gasteiger partial charge is 0.491 e. The molecular weight excluding hydrogens is 372 g/mol. The lowest BCUT2D eigenvalue weighted by Gasteiger charge is -2.12. The first kappa shape index (κ1) is 21.7. The maximum absolute atomic E-state index is 11.8. The van der Waals surface area contributed by atoms with Gasteiger partial charge in [0.15, 0.2) is 5.11 Å². The fourth-order valence-corrected chi connectivity index (χ4v) is 2.83. The number of hydrogen-bond donors (Lipinski definition) is 2. The standard InChI is InChI=1S/C22H28N2O3S/c1-4-26-21(25)18-8-5-9-19(15-18)24-22(28)23-14-6-7-17-10-12-20(13-11-17)27-16(2)3/h5,8-13,15-16H,4,6-7,14H2,1-3H3,(H2,23,24,28). The molecular formula is C22H28N2O3S. The normalized spacial score (nSPS) is 10.4. The molecule has 0 saturated carbocycles. The molecule has 150 valence electrons. The lowest BCUT2D eigenvalue weighted by molar-refractivity contribution is 0.0526. The fourth-order valence-electron chi connectivity index (χ4n) is 2.61. The first-order chi connectivity index (χ1) is 13.5. The summed E-state index contributed by atoms with van der Waals surface area (Å²) in [5.41, 5.74) is 2.52. The molecule has 0 radical (unpaired) electrons. The van der Waals surface area contributed by atoms with Crippen LogP contribution in [0.2, 0.25) is 0 Å². The number of thiocarbonyl (C=S) groups is 1. The van der Waals surface area contributed by atoms with E-state index in [2.05, 4.69) is 22.8 Å². The van der Waals surface area contributed by atoms with Crippen molar-refractivity contribution in [2.24, 2.45) is 0 Å². The summed E-state index contributed by atoms with van der Waals surface area (Å²) in [6.07, 6.45) is 2.09. The van der Waals surface area contributed by atoms with E-state index in [4.69, 9.17) is 21.7 Å². The molecule has 0 aliphatic rings. The summed E-state index contributed by atoms with van der Waals surface area (Å²) in [6, 6.07) is 15.3. The van der Waals surface area contributed by atoms with E-state index < -0.39 is 0 Å². The zero-order chi connectivity index (χ0) is 20.4. The molecule has 0 atom stereocenters. The molecule has 2 N–H and O–H groups in total. The van der Waals surface area contributed by atoms with Crippen molar-refractivity contribution in [3.63, 3.8) is 0 Å². The molecule has 0 bridgehead atoms. The highest BCUT2D eigenvalue weighted by Crippen LogP contribution is 2.15. The zero-order valence-electron chi connectivity index (χ0n) is 16.7. The summed E-state index contributed by atoms with van der Waals surface area (Å²) in [5.74, 6) is 0.558. The Morgan fingerprint density at radius 2 is 1.89 bits per heavy atom. The van der Waals surface area contributed by atoms with Crippen molar-refractivity contribution in [1.82, 2.24) is 5.32 Å². The van der Waals surface area contributed by atoms with Gasteiger partial charge in [-0.2, -0.15) is 0 Å². The first-order valence-corrected chi connectivity index (χ1v) is 9.96. The van der Waals surface area contributed by atoms with Crippen LogP contribution in [0.5, 0.6) is 5.75 Å². The molecule has 0 amide bonds. The van der Waals surface area contributed by atoms with Crippen molar-refractivity contribution >= 4 is 29.0 Å². The van der Waals surface area contributed by atoms with Gasteiger partial charge in [0.05, 0.1) is 18.3 Å². The molecule has 0 aliphatic heterocycles. The molecule has 2 rings (SSSR count). The Labute approximate surface area is 172 Å². The maximum atomic E-state index is 11.8. The topological polar surface area (TPSA) is 59.6 Å². The van der Waals surface area contributed by atoms with Crippen molar-refractivity contribution in [2.75, 3.05) is 18.5 Å². The SMILES string of the molecule is CCOC(=O)c1cccc(NC(=S)NCCCc2ccc(OC(C)C)cc2)c1. The van der Waals surface area contributed by atoms with E-state index in [-0.39, 0.29) is 12.1 Å².